The maximum atomic E-state index is 12.0. The Morgan fingerprint density at radius 2 is 2.40 bits per heavy atom. The van der Waals surface area contributed by atoms with E-state index in [0.717, 1.165) is 13.1 Å². The van der Waals surface area contributed by atoms with Gasteiger partial charge in [0.1, 0.15) is 11.3 Å². The van der Waals surface area contributed by atoms with Crippen molar-refractivity contribution in [2.24, 2.45) is 5.92 Å². The lowest BCUT2D eigenvalue weighted by molar-refractivity contribution is 0.0786. The Morgan fingerprint density at radius 1 is 1.67 bits per heavy atom. The fourth-order valence-corrected chi connectivity index (χ4v) is 2.28. The van der Waals surface area contributed by atoms with Gasteiger partial charge in [0.25, 0.3) is 5.91 Å². The molecular formula is C10H13BrN2O2. The normalized spacial score (nSPS) is 25.9. The minimum Gasteiger partial charge on any atom is -0.361 e. The molecule has 2 heterocycles. The van der Waals surface area contributed by atoms with Crippen molar-refractivity contribution in [3.8, 4) is 0 Å². The topological polar surface area (TPSA) is 46.3 Å². The number of aryl methyl sites for hydroxylation is 1. The van der Waals surface area contributed by atoms with Crippen molar-refractivity contribution in [1.29, 1.82) is 0 Å². The Bertz CT molecular complexity index is 367. The molecule has 1 aromatic heterocycles. The summed E-state index contributed by atoms with van der Waals surface area (Å²) in [5.74, 6) is 1.10. The highest BCUT2D eigenvalue weighted by atomic mass is 79.9. The number of hydrogen-bond donors (Lipinski definition) is 0. The molecule has 0 saturated carbocycles. The highest BCUT2D eigenvalue weighted by molar-refractivity contribution is 9.09. The summed E-state index contributed by atoms with van der Waals surface area (Å²) in [4.78, 5) is 14.3. The second kappa shape index (κ2) is 3.96. The first-order valence-electron chi connectivity index (χ1n) is 4.94. The van der Waals surface area contributed by atoms with Gasteiger partial charge in [0.2, 0.25) is 0 Å². The number of rotatable bonds is 1. The summed E-state index contributed by atoms with van der Waals surface area (Å²) >= 11 is 3.56. The Hall–Kier alpha value is -0.840. The van der Waals surface area contributed by atoms with E-state index in [1.807, 2.05) is 4.90 Å². The van der Waals surface area contributed by atoms with Crippen LogP contribution in [0.5, 0.6) is 0 Å². The van der Waals surface area contributed by atoms with Crippen LogP contribution in [0.15, 0.2) is 10.7 Å². The summed E-state index contributed by atoms with van der Waals surface area (Å²) in [5.41, 5.74) is 0.573. The maximum Gasteiger partial charge on any atom is 0.259 e. The monoisotopic (exact) mass is 272 g/mol. The highest BCUT2D eigenvalue weighted by Gasteiger charge is 2.32. The molecular weight excluding hydrogens is 260 g/mol. The number of carbonyl (C=O) groups excluding carboxylic acids is 1. The molecule has 0 N–H and O–H groups in total. The third kappa shape index (κ3) is 1.93. The van der Waals surface area contributed by atoms with E-state index in [9.17, 15) is 4.79 Å². The van der Waals surface area contributed by atoms with Gasteiger partial charge in [-0.2, -0.15) is 0 Å². The van der Waals surface area contributed by atoms with Gasteiger partial charge >= 0.3 is 0 Å². The van der Waals surface area contributed by atoms with Crippen molar-refractivity contribution in [1.82, 2.24) is 10.1 Å². The Kier molecular flexibility index (Phi) is 2.82. The van der Waals surface area contributed by atoms with Gasteiger partial charge in [0.05, 0.1) is 6.20 Å². The number of alkyl halides is 1. The van der Waals surface area contributed by atoms with Crippen LogP contribution in [0.1, 0.15) is 23.0 Å². The molecule has 1 aliphatic heterocycles. The van der Waals surface area contributed by atoms with Crippen LogP contribution in [-0.4, -0.2) is 33.9 Å². The molecule has 82 valence electrons. The molecule has 2 atom stereocenters. The largest absolute Gasteiger partial charge is 0.361 e. The number of amides is 1. The van der Waals surface area contributed by atoms with E-state index < -0.39 is 0 Å². The van der Waals surface area contributed by atoms with E-state index in [0.29, 0.717) is 22.1 Å². The average Bonchev–Trinajstić information content (AvgIpc) is 2.74. The van der Waals surface area contributed by atoms with Crippen LogP contribution >= 0.6 is 15.9 Å². The summed E-state index contributed by atoms with van der Waals surface area (Å²) < 4.78 is 4.89. The summed E-state index contributed by atoms with van der Waals surface area (Å²) in [6.45, 7) is 5.43. The number of hydrogen-bond acceptors (Lipinski definition) is 3. The summed E-state index contributed by atoms with van der Waals surface area (Å²) in [7, 11) is 0. The lowest BCUT2D eigenvalue weighted by Gasteiger charge is -2.14. The van der Waals surface area contributed by atoms with Crippen LogP contribution in [0.4, 0.5) is 0 Å². The summed E-state index contributed by atoms with van der Waals surface area (Å²) in [6, 6.07) is 0. The van der Waals surface area contributed by atoms with Crippen LogP contribution in [-0.2, 0) is 0 Å². The second-order valence-corrected chi connectivity index (χ2v) is 5.18. The predicted molar refractivity (Wildman–Crippen MR) is 59.0 cm³/mol. The average molecular weight is 273 g/mol. The van der Waals surface area contributed by atoms with Gasteiger partial charge in [0.15, 0.2) is 0 Å². The SMILES string of the molecule is Cc1oncc1C(=O)N1CC(C)C(Br)C1. The molecule has 5 heteroatoms. The Balaban J connectivity index is 2.13. The zero-order chi connectivity index (χ0) is 11.0. The fourth-order valence-electron chi connectivity index (χ4n) is 1.77. The second-order valence-electron chi connectivity index (χ2n) is 4.00. The van der Waals surface area contributed by atoms with E-state index in [4.69, 9.17) is 4.52 Å². The Labute approximate surface area is 96.7 Å². The lowest BCUT2D eigenvalue weighted by Crippen LogP contribution is -2.29. The first-order valence-corrected chi connectivity index (χ1v) is 5.85. The van der Waals surface area contributed by atoms with E-state index in [2.05, 4.69) is 28.0 Å². The van der Waals surface area contributed by atoms with Crippen LogP contribution in [0.3, 0.4) is 0 Å². The molecule has 1 amide bonds. The molecule has 2 unspecified atom stereocenters. The van der Waals surface area contributed by atoms with E-state index in [-0.39, 0.29) is 5.91 Å². The van der Waals surface area contributed by atoms with Crippen LogP contribution in [0.2, 0.25) is 0 Å². The lowest BCUT2D eigenvalue weighted by atomic mass is 10.2. The zero-order valence-corrected chi connectivity index (χ0v) is 10.3. The molecule has 1 aliphatic rings. The van der Waals surface area contributed by atoms with Gasteiger partial charge < -0.3 is 9.42 Å². The summed E-state index contributed by atoms with van der Waals surface area (Å²) in [5, 5.41) is 3.62. The number of halogens is 1. The third-order valence-corrected chi connectivity index (χ3v) is 3.98. The van der Waals surface area contributed by atoms with Crippen molar-refractivity contribution >= 4 is 21.8 Å². The molecule has 0 aromatic carbocycles. The third-order valence-electron chi connectivity index (χ3n) is 2.79. The van der Waals surface area contributed by atoms with Gasteiger partial charge in [0, 0.05) is 17.9 Å². The standard InChI is InChI=1S/C10H13BrN2O2/c1-6-4-13(5-9(6)11)10(14)8-3-12-15-7(8)2/h3,6,9H,4-5H2,1-2H3. The van der Waals surface area contributed by atoms with Crippen LogP contribution in [0, 0.1) is 12.8 Å². The van der Waals surface area contributed by atoms with Crippen molar-refractivity contribution in [3.05, 3.63) is 17.5 Å². The Morgan fingerprint density at radius 3 is 2.87 bits per heavy atom. The van der Waals surface area contributed by atoms with Gasteiger partial charge in [-0.25, -0.2) is 0 Å². The molecule has 15 heavy (non-hydrogen) atoms. The quantitative estimate of drug-likeness (QED) is 0.733. The van der Waals surface area contributed by atoms with Crippen molar-refractivity contribution in [2.45, 2.75) is 18.7 Å². The molecule has 0 bridgehead atoms. The summed E-state index contributed by atoms with van der Waals surface area (Å²) in [6.07, 6.45) is 1.49. The predicted octanol–water partition coefficient (Wildman–Crippen LogP) is 1.84. The minimum atomic E-state index is 0.0163. The highest BCUT2D eigenvalue weighted by Crippen LogP contribution is 2.24. The molecule has 1 fully saturated rings. The number of carbonyl (C=O) groups is 1. The molecule has 0 radical (unpaired) electrons. The molecule has 2 rings (SSSR count). The minimum absolute atomic E-state index is 0.0163. The number of nitrogens with zero attached hydrogens (tertiary/aromatic N) is 2. The zero-order valence-electron chi connectivity index (χ0n) is 8.74. The van der Waals surface area contributed by atoms with E-state index in [1.54, 1.807) is 6.92 Å². The molecule has 0 aliphatic carbocycles. The fraction of sp³-hybridized carbons (Fsp3) is 0.600. The van der Waals surface area contributed by atoms with Crippen molar-refractivity contribution < 1.29 is 9.32 Å². The van der Waals surface area contributed by atoms with Crippen LogP contribution in [0.25, 0.3) is 0 Å². The van der Waals surface area contributed by atoms with Crippen molar-refractivity contribution in [3.63, 3.8) is 0 Å². The number of likely N-dealkylation sites (tertiary alicyclic amines) is 1. The first kappa shape index (κ1) is 10.7. The van der Waals surface area contributed by atoms with Gasteiger partial charge in [-0.15, -0.1) is 0 Å². The van der Waals surface area contributed by atoms with Gasteiger partial charge in [-0.1, -0.05) is 28.0 Å². The van der Waals surface area contributed by atoms with Crippen LogP contribution < -0.4 is 0 Å². The smallest absolute Gasteiger partial charge is 0.259 e. The molecule has 0 spiro atoms. The van der Waals surface area contributed by atoms with E-state index >= 15 is 0 Å². The van der Waals surface area contributed by atoms with Crippen molar-refractivity contribution in [2.75, 3.05) is 13.1 Å². The first-order chi connectivity index (χ1) is 7.09. The van der Waals surface area contributed by atoms with E-state index in [1.165, 1.54) is 6.20 Å². The van der Waals surface area contributed by atoms with Gasteiger partial charge in [-0.05, 0) is 12.8 Å². The maximum absolute atomic E-state index is 12.0. The molecule has 1 aromatic rings. The van der Waals surface area contributed by atoms with Gasteiger partial charge in [-0.3, -0.25) is 4.79 Å². The molecule has 4 nitrogen and oxygen atoms in total. The number of aromatic nitrogens is 1. The molecule has 1 saturated heterocycles.